The quantitative estimate of drug-likeness (QED) is 0.453. The predicted molar refractivity (Wildman–Crippen MR) is 126 cm³/mol. The van der Waals surface area contributed by atoms with E-state index < -0.39 is 10.0 Å². The number of hydrogen-bond donors (Lipinski definition) is 1. The fraction of sp³-hybridized carbons (Fsp3) is 0.318. The van der Waals surface area contributed by atoms with E-state index in [4.69, 9.17) is 0 Å². The first-order valence-corrected chi connectivity index (χ1v) is 12.7. The van der Waals surface area contributed by atoms with Gasteiger partial charge in [-0.1, -0.05) is 55.9 Å². The number of anilines is 1. The molecule has 0 atom stereocenters. The van der Waals surface area contributed by atoms with E-state index in [1.165, 1.54) is 28.2 Å². The van der Waals surface area contributed by atoms with Crippen LogP contribution in [0.1, 0.15) is 25.2 Å². The van der Waals surface area contributed by atoms with Gasteiger partial charge in [0, 0.05) is 18.8 Å². The van der Waals surface area contributed by atoms with Crippen molar-refractivity contribution in [2.75, 3.05) is 24.2 Å². The molecule has 3 aromatic rings. The highest BCUT2D eigenvalue weighted by atomic mass is 32.2. The lowest BCUT2D eigenvalue weighted by atomic mass is 10.2. The van der Waals surface area contributed by atoms with Crippen molar-refractivity contribution < 1.29 is 13.2 Å². The molecule has 1 N–H and O–H groups in total. The predicted octanol–water partition coefficient (Wildman–Crippen LogP) is 3.40. The molecule has 0 aliphatic heterocycles. The number of amides is 1. The number of rotatable bonds is 10. The molecule has 0 spiro atoms. The molecule has 0 saturated heterocycles. The summed E-state index contributed by atoms with van der Waals surface area (Å²) >= 11 is 1.31. The minimum atomic E-state index is -3.52. The van der Waals surface area contributed by atoms with E-state index in [-0.39, 0.29) is 16.6 Å². The van der Waals surface area contributed by atoms with E-state index in [1.807, 2.05) is 41.8 Å². The smallest absolute Gasteiger partial charge is 0.243 e. The number of sulfonamides is 1. The van der Waals surface area contributed by atoms with Gasteiger partial charge in [-0.15, -0.1) is 10.2 Å². The molecule has 0 bridgehead atoms. The number of aromatic nitrogens is 3. The largest absolute Gasteiger partial charge is 0.325 e. The minimum Gasteiger partial charge on any atom is -0.325 e. The Morgan fingerprint density at radius 2 is 1.69 bits per heavy atom. The van der Waals surface area contributed by atoms with Crippen LogP contribution in [-0.4, -0.2) is 52.2 Å². The normalized spacial score (nSPS) is 11.6. The van der Waals surface area contributed by atoms with Crippen molar-refractivity contribution in [2.24, 2.45) is 0 Å². The molecule has 10 heteroatoms. The summed E-state index contributed by atoms with van der Waals surface area (Å²) < 4.78 is 28.5. The minimum absolute atomic E-state index is 0.159. The van der Waals surface area contributed by atoms with Crippen molar-refractivity contribution >= 4 is 33.4 Å². The molecular weight excluding hydrogens is 446 g/mol. The maximum Gasteiger partial charge on any atom is 0.243 e. The second-order valence-electron chi connectivity index (χ2n) is 7.05. The standard InChI is InChI=1S/C22H27N5O3S2/c1-4-26(5-2)32(29,30)20-13-11-19(12-14-20)23-21(28)16-31-22-25-24-17(3)27(22)15-18-9-7-6-8-10-18/h6-14H,4-5,15-16H2,1-3H3,(H,23,28). The molecule has 1 heterocycles. The zero-order valence-electron chi connectivity index (χ0n) is 18.4. The molecular formula is C22H27N5O3S2. The summed E-state index contributed by atoms with van der Waals surface area (Å²) in [7, 11) is -3.52. The summed E-state index contributed by atoms with van der Waals surface area (Å²) in [5.41, 5.74) is 1.66. The van der Waals surface area contributed by atoms with E-state index in [1.54, 1.807) is 26.0 Å². The van der Waals surface area contributed by atoms with Gasteiger partial charge in [0.1, 0.15) is 5.82 Å². The monoisotopic (exact) mass is 473 g/mol. The van der Waals surface area contributed by atoms with Gasteiger partial charge in [-0.2, -0.15) is 4.31 Å². The van der Waals surface area contributed by atoms with Crippen molar-refractivity contribution in [2.45, 2.75) is 37.4 Å². The van der Waals surface area contributed by atoms with Crippen LogP contribution in [0.25, 0.3) is 0 Å². The highest BCUT2D eigenvalue weighted by Crippen LogP contribution is 2.21. The van der Waals surface area contributed by atoms with Crippen LogP contribution >= 0.6 is 11.8 Å². The SMILES string of the molecule is CCN(CC)S(=O)(=O)c1ccc(NC(=O)CSc2nnc(C)n2Cc2ccccc2)cc1. The molecule has 1 aromatic heterocycles. The molecule has 0 unspecified atom stereocenters. The number of nitrogens with zero attached hydrogens (tertiary/aromatic N) is 4. The second kappa shape index (κ2) is 10.8. The van der Waals surface area contributed by atoms with E-state index >= 15 is 0 Å². The Labute approximate surface area is 193 Å². The van der Waals surface area contributed by atoms with E-state index in [0.717, 1.165) is 11.4 Å². The van der Waals surface area contributed by atoms with Gasteiger partial charge < -0.3 is 9.88 Å². The molecule has 1 amide bonds. The fourth-order valence-corrected chi connectivity index (χ4v) is 5.41. The third-order valence-corrected chi connectivity index (χ3v) is 7.93. The molecule has 170 valence electrons. The van der Waals surface area contributed by atoms with Crippen LogP contribution in [0.5, 0.6) is 0 Å². The third kappa shape index (κ3) is 5.76. The van der Waals surface area contributed by atoms with Crippen molar-refractivity contribution in [3.63, 3.8) is 0 Å². The number of nitrogens with one attached hydrogen (secondary N) is 1. The summed E-state index contributed by atoms with van der Waals surface area (Å²) in [4.78, 5) is 12.6. The first kappa shape index (κ1) is 24.0. The van der Waals surface area contributed by atoms with Crippen LogP contribution in [0.3, 0.4) is 0 Å². The number of thioether (sulfide) groups is 1. The van der Waals surface area contributed by atoms with Crippen LogP contribution in [0.2, 0.25) is 0 Å². The number of carbonyl (C=O) groups is 1. The van der Waals surface area contributed by atoms with Gasteiger partial charge in [-0.3, -0.25) is 4.79 Å². The summed E-state index contributed by atoms with van der Waals surface area (Å²) in [6.45, 7) is 6.93. The van der Waals surface area contributed by atoms with Gasteiger partial charge in [0.25, 0.3) is 0 Å². The van der Waals surface area contributed by atoms with Crippen LogP contribution in [-0.2, 0) is 21.4 Å². The molecule has 0 radical (unpaired) electrons. The lowest BCUT2D eigenvalue weighted by molar-refractivity contribution is -0.113. The summed E-state index contributed by atoms with van der Waals surface area (Å²) in [6, 6.07) is 16.2. The average Bonchev–Trinajstić information content (AvgIpc) is 3.13. The van der Waals surface area contributed by atoms with E-state index in [9.17, 15) is 13.2 Å². The Morgan fingerprint density at radius 1 is 1.03 bits per heavy atom. The van der Waals surface area contributed by atoms with E-state index in [2.05, 4.69) is 15.5 Å². The zero-order valence-corrected chi connectivity index (χ0v) is 20.0. The average molecular weight is 474 g/mol. The zero-order chi connectivity index (χ0) is 23.1. The van der Waals surface area contributed by atoms with Gasteiger partial charge in [0.05, 0.1) is 17.2 Å². The van der Waals surface area contributed by atoms with Gasteiger partial charge in [-0.25, -0.2) is 8.42 Å². The van der Waals surface area contributed by atoms with E-state index in [0.29, 0.717) is 30.5 Å². The van der Waals surface area contributed by atoms with Crippen molar-refractivity contribution in [3.8, 4) is 0 Å². The maximum absolute atomic E-state index is 12.6. The number of carbonyl (C=O) groups excluding carboxylic acids is 1. The topological polar surface area (TPSA) is 97.2 Å². The van der Waals surface area contributed by atoms with Crippen molar-refractivity contribution in [1.29, 1.82) is 0 Å². The van der Waals surface area contributed by atoms with Crippen LogP contribution in [0.4, 0.5) is 5.69 Å². The first-order valence-electron chi connectivity index (χ1n) is 10.3. The Hall–Kier alpha value is -2.69. The van der Waals surface area contributed by atoms with Gasteiger partial charge >= 0.3 is 0 Å². The Bertz CT molecular complexity index is 1140. The molecule has 0 saturated carbocycles. The molecule has 3 rings (SSSR count). The molecule has 32 heavy (non-hydrogen) atoms. The Kier molecular flexibility index (Phi) is 8.05. The summed E-state index contributed by atoms with van der Waals surface area (Å²) in [6.07, 6.45) is 0. The van der Waals surface area contributed by atoms with Crippen LogP contribution < -0.4 is 5.32 Å². The van der Waals surface area contributed by atoms with Crippen LogP contribution in [0.15, 0.2) is 64.6 Å². The summed E-state index contributed by atoms with van der Waals surface area (Å²) in [5, 5.41) is 11.8. The first-order chi connectivity index (χ1) is 15.3. The van der Waals surface area contributed by atoms with Gasteiger partial charge in [-0.05, 0) is 36.8 Å². The highest BCUT2D eigenvalue weighted by molar-refractivity contribution is 7.99. The van der Waals surface area contributed by atoms with Gasteiger partial charge in [0.2, 0.25) is 15.9 Å². The molecule has 0 fully saturated rings. The fourth-order valence-electron chi connectivity index (χ4n) is 3.17. The highest BCUT2D eigenvalue weighted by Gasteiger charge is 2.21. The van der Waals surface area contributed by atoms with Crippen LogP contribution in [0, 0.1) is 6.92 Å². The molecule has 8 nitrogen and oxygen atoms in total. The number of hydrogen-bond acceptors (Lipinski definition) is 6. The Balaban J connectivity index is 1.60. The van der Waals surface area contributed by atoms with Gasteiger partial charge in [0.15, 0.2) is 5.16 Å². The van der Waals surface area contributed by atoms with Crippen molar-refractivity contribution in [1.82, 2.24) is 19.1 Å². The lowest BCUT2D eigenvalue weighted by Crippen LogP contribution is -2.30. The number of benzene rings is 2. The van der Waals surface area contributed by atoms with Crippen molar-refractivity contribution in [3.05, 3.63) is 66.0 Å². The molecule has 0 aliphatic rings. The Morgan fingerprint density at radius 3 is 2.31 bits per heavy atom. The molecule has 2 aromatic carbocycles. The third-order valence-electron chi connectivity index (χ3n) is 4.90. The number of aryl methyl sites for hydroxylation is 1. The summed E-state index contributed by atoms with van der Waals surface area (Å²) in [5.74, 6) is 0.731. The lowest BCUT2D eigenvalue weighted by Gasteiger charge is -2.18. The maximum atomic E-state index is 12.6. The molecule has 0 aliphatic carbocycles. The second-order valence-corrected chi connectivity index (χ2v) is 9.93.